The number of aromatic nitrogens is 1. The van der Waals surface area contributed by atoms with E-state index in [0.717, 1.165) is 30.7 Å². The molecule has 0 saturated heterocycles. The van der Waals surface area contributed by atoms with Gasteiger partial charge in [-0.05, 0) is 75.3 Å². The van der Waals surface area contributed by atoms with Crippen LogP contribution in [0.4, 0.5) is 18.0 Å². The van der Waals surface area contributed by atoms with Crippen molar-refractivity contribution in [1.82, 2.24) is 9.88 Å². The van der Waals surface area contributed by atoms with Crippen molar-refractivity contribution < 1.29 is 38.3 Å². The third kappa shape index (κ3) is 5.24. The molecule has 1 aromatic heterocycles. The molecular formula is C26H31F3N3O4+. The Morgan fingerprint density at radius 1 is 1.08 bits per heavy atom. The first-order valence-electron chi connectivity index (χ1n) is 12.1. The van der Waals surface area contributed by atoms with Gasteiger partial charge in [0.1, 0.15) is 6.61 Å². The Bertz CT molecular complexity index is 1080. The van der Waals surface area contributed by atoms with Crippen LogP contribution in [0.5, 0.6) is 0 Å². The Morgan fingerprint density at radius 2 is 1.69 bits per heavy atom. The summed E-state index contributed by atoms with van der Waals surface area (Å²) in [7, 11) is 0. The lowest BCUT2D eigenvalue weighted by molar-refractivity contribution is -0.284. The molecule has 36 heavy (non-hydrogen) atoms. The molecule has 2 saturated carbocycles. The van der Waals surface area contributed by atoms with Crippen molar-refractivity contribution in [2.45, 2.75) is 74.7 Å². The van der Waals surface area contributed by atoms with E-state index in [4.69, 9.17) is 4.74 Å². The maximum Gasteiger partial charge on any atom is 0.511 e. The molecule has 2 amide bonds. The minimum atomic E-state index is -4.83. The van der Waals surface area contributed by atoms with Crippen LogP contribution < -0.4 is 5.73 Å². The van der Waals surface area contributed by atoms with Gasteiger partial charge < -0.3 is 14.7 Å². The van der Waals surface area contributed by atoms with Crippen LogP contribution in [0, 0.1) is 0 Å². The highest BCUT2D eigenvalue weighted by Gasteiger charge is 2.51. The summed E-state index contributed by atoms with van der Waals surface area (Å²) in [6.45, 7) is 0.860. The summed E-state index contributed by atoms with van der Waals surface area (Å²) in [4.78, 5) is 31.3. The Labute approximate surface area is 207 Å². The van der Waals surface area contributed by atoms with Crippen LogP contribution in [0.1, 0.15) is 67.1 Å². The lowest BCUT2D eigenvalue weighted by Gasteiger charge is -2.43. The molecule has 2 aliphatic carbocycles. The van der Waals surface area contributed by atoms with E-state index in [1.165, 1.54) is 12.1 Å². The maximum absolute atomic E-state index is 13.5. The zero-order chi connectivity index (χ0) is 26.1. The number of quaternary nitrogens is 1. The predicted octanol–water partition coefficient (Wildman–Crippen LogP) is 3.72. The molecule has 7 nitrogen and oxygen atoms in total. The molecular weight excluding hydrogens is 475 g/mol. The van der Waals surface area contributed by atoms with Gasteiger partial charge in [0.05, 0.1) is 0 Å². The van der Waals surface area contributed by atoms with Gasteiger partial charge in [-0.1, -0.05) is 18.2 Å². The van der Waals surface area contributed by atoms with Gasteiger partial charge in [-0.15, -0.1) is 0 Å². The number of nitrogens with zero attached hydrogens (tertiary/aromatic N) is 2. The molecule has 1 atom stereocenters. The maximum atomic E-state index is 13.5. The molecule has 1 unspecified atom stereocenters. The number of carbonyl (C=O) groups is 2. The molecule has 10 heteroatoms. The molecule has 0 bridgehead atoms. The molecule has 4 N–H and O–H groups in total. The number of benzene rings is 1. The topological polar surface area (TPSA) is 107 Å². The van der Waals surface area contributed by atoms with E-state index >= 15 is 0 Å². The average Bonchev–Trinajstić information content (AvgIpc) is 3.69. The number of halogens is 3. The number of rotatable bonds is 7. The number of hydrogen-bond acceptors (Lipinski definition) is 5. The second-order valence-corrected chi connectivity index (χ2v) is 9.98. The minimum Gasteiger partial charge on any atom is -0.419 e. The van der Waals surface area contributed by atoms with Crippen molar-refractivity contribution in [1.29, 1.82) is 0 Å². The lowest BCUT2D eigenvalue weighted by Crippen LogP contribution is -2.58. The lowest BCUT2D eigenvalue weighted by atomic mass is 9.70. The van der Waals surface area contributed by atoms with Gasteiger partial charge in [-0.3, -0.25) is 15.5 Å². The monoisotopic (exact) mass is 506 g/mol. The average molecular weight is 507 g/mol. The van der Waals surface area contributed by atoms with Crippen LogP contribution in [0.2, 0.25) is 0 Å². The van der Waals surface area contributed by atoms with E-state index in [-0.39, 0.29) is 35.7 Å². The van der Waals surface area contributed by atoms with Crippen LogP contribution in [0.3, 0.4) is 0 Å². The first kappa shape index (κ1) is 26.1. The fraction of sp³-hybridized carbons (Fsp3) is 0.500. The SMILES string of the molecule is CC(O)(c1ccc(C(=O)N(C2CC2)C2CCC(COC([NH3+])=O)(c3ccccn3)CC2)cc1)C(F)(F)F. The van der Waals surface area contributed by atoms with Crippen molar-refractivity contribution in [2.75, 3.05) is 6.61 Å². The molecule has 194 valence electrons. The fourth-order valence-electron chi connectivity index (χ4n) is 5.04. The molecule has 2 aliphatic rings. The zero-order valence-corrected chi connectivity index (χ0v) is 20.1. The smallest absolute Gasteiger partial charge is 0.419 e. The van der Waals surface area contributed by atoms with Gasteiger partial charge >= 0.3 is 12.3 Å². The van der Waals surface area contributed by atoms with Gasteiger partial charge in [-0.25, -0.2) is 0 Å². The first-order chi connectivity index (χ1) is 16.9. The summed E-state index contributed by atoms with van der Waals surface area (Å²) >= 11 is 0. The van der Waals surface area contributed by atoms with E-state index in [1.54, 1.807) is 6.20 Å². The van der Waals surface area contributed by atoms with Gasteiger partial charge in [0.2, 0.25) is 0 Å². The number of aliphatic hydroxyl groups is 1. The molecule has 0 spiro atoms. The number of ether oxygens (including phenoxy) is 1. The molecule has 0 radical (unpaired) electrons. The van der Waals surface area contributed by atoms with Crippen LogP contribution in [0.25, 0.3) is 0 Å². The van der Waals surface area contributed by atoms with Crippen LogP contribution in [-0.4, -0.2) is 51.9 Å². The number of hydrogen-bond donors (Lipinski definition) is 2. The summed E-state index contributed by atoms with van der Waals surface area (Å²) in [6.07, 6.45) is 0.703. The molecule has 1 aromatic carbocycles. The number of pyridine rings is 1. The number of alkyl halides is 3. The van der Waals surface area contributed by atoms with Gasteiger partial charge in [-0.2, -0.15) is 18.0 Å². The summed E-state index contributed by atoms with van der Waals surface area (Å²) in [5, 5.41) is 9.92. The van der Waals surface area contributed by atoms with Crippen molar-refractivity contribution in [3.63, 3.8) is 0 Å². The van der Waals surface area contributed by atoms with E-state index in [1.807, 2.05) is 23.1 Å². The quantitative estimate of drug-likeness (QED) is 0.595. The summed E-state index contributed by atoms with van der Waals surface area (Å²) in [6, 6.07) is 10.7. The Kier molecular flexibility index (Phi) is 7.12. The van der Waals surface area contributed by atoms with Crippen LogP contribution in [-0.2, 0) is 15.8 Å². The Hall–Kier alpha value is -2.98. The van der Waals surface area contributed by atoms with Gasteiger partial charge in [0, 0.05) is 35.0 Å². The Morgan fingerprint density at radius 3 is 2.19 bits per heavy atom. The highest BCUT2D eigenvalue weighted by molar-refractivity contribution is 5.95. The predicted molar refractivity (Wildman–Crippen MR) is 124 cm³/mol. The Balaban J connectivity index is 1.51. The second kappa shape index (κ2) is 9.82. The molecule has 2 fully saturated rings. The number of amides is 2. The fourth-order valence-corrected chi connectivity index (χ4v) is 5.04. The first-order valence-corrected chi connectivity index (χ1v) is 12.1. The molecule has 4 rings (SSSR count). The van der Waals surface area contributed by atoms with Crippen molar-refractivity contribution in [2.24, 2.45) is 0 Å². The zero-order valence-electron chi connectivity index (χ0n) is 20.1. The molecule has 0 aliphatic heterocycles. The van der Waals surface area contributed by atoms with Crippen LogP contribution in [0.15, 0.2) is 48.7 Å². The van der Waals surface area contributed by atoms with E-state index < -0.39 is 23.3 Å². The normalized spacial score (nSPS) is 24.0. The number of carbonyl (C=O) groups excluding carboxylic acids is 2. The summed E-state index contributed by atoms with van der Waals surface area (Å²) in [5.41, 5.74) is 0.643. The second-order valence-electron chi connectivity index (χ2n) is 9.98. The minimum absolute atomic E-state index is 0.0461. The van der Waals surface area contributed by atoms with Crippen molar-refractivity contribution >= 4 is 12.0 Å². The highest BCUT2D eigenvalue weighted by Crippen LogP contribution is 2.43. The summed E-state index contributed by atoms with van der Waals surface area (Å²) < 4.78 is 44.9. The van der Waals surface area contributed by atoms with Crippen LogP contribution >= 0.6 is 0 Å². The third-order valence-electron chi connectivity index (χ3n) is 7.44. The highest BCUT2D eigenvalue weighted by atomic mass is 19.4. The molecule has 1 heterocycles. The van der Waals surface area contributed by atoms with E-state index in [0.29, 0.717) is 32.6 Å². The standard InChI is InChI=1S/C26H30F3N3O4/c1-24(35,26(27,28)29)18-7-5-17(6-8-18)22(33)32(19-9-10-19)20-11-13-25(14-12-20,16-36-23(30)34)21-4-2-3-15-31-21/h2-8,15,19-20,35H,9-14,16H2,1H3,(H2,30,34)/p+1. The van der Waals surface area contributed by atoms with Crippen molar-refractivity contribution in [3.8, 4) is 0 Å². The third-order valence-corrected chi connectivity index (χ3v) is 7.44. The largest absolute Gasteiger partial charge is 0.511 e. The molecule has 2 aromatic rings. The van der Waals surface area contributed by atoms with Gasteiger partial charge in [0.25, 0.3) is 5.91 Å². The van der Waals surface area contributed by atoms with E-state index in [9.17, 15) is 27.9 Å². The van der Waals surface area contributed by atoms with Crippen molar-refractivity contribution in [3.05, 3.63) is 65.5 Å². The summed E-state index contributed by atoms with van der Waals surface area (Å²) in [5.74, 6) is -0.227. The van der Waals surface area contributed by atoms with Gasteiger partial charge in [0.15, 0.2) is 5.60 Å². The van der Waals surface area contributed by atoms with E-state index in [2.05, 4.69) is 10.7 Å².